The molecule has 0 spiro atoms. The van der Waals surface area contributed by atoms with Crippen LogP contribution in [0.5, 0.6) is 0 Å². The normalized spacial score (nSPS) is 11.7. The molecular weight excluding hydrogens is 365 g/mol. The number of halogens is 3. The number of nitrogens with zero attached hydrogens (tertiary/aromatic N) is 2. The maximum absolute atomic E-state index is 13.2. The Labute approximate surface area is 158 Å². The predicted octanol–water partition coefficient (Wildman–Crippen LogP) is 5.00. The highest BCUT2D eigenvalue weighted by Gasteiger charge is 2.30. The summed E-state index contributed by atoms with van der Waals surface area (Å²) in [6, 6.07) is 21.0. The molecule has 0 amide bonds. The number of para-hydroxylation sites is 1. The molecule has 1 heterocycles. The van der Waals surface area contributed by atoms with Crippen molar-refractivity contribution < 1.29 is 13.2 Å². The quantitative estimate of drug-likeness (QED) is 0.502. The summed E-state index contributed by atoms with van der Waals surface area (Å²) in [6.45, 7) is 0. The van der Waals surface area contributed by atoms with Crippen LogP contribution in [0.2, 0.25) is 0 Å². The van der Waals surface area contributed by atoms with Crippen molar-refractivity contribution in [3.05, 3.63) is 106 Å². The van der Waals surface area contributed by atoms with E-state index in [0.29, 0.717) is 23.1 Å². The van der Waals surface area contributed by atoms with Gasteiger partial charge in [-0.25, -0.2) is 4.98 Å². The summed E-state index contributed by atoms with van der Waals surface area (Å²) in [5, 5.41) is 0.358. The van der Waals surface area contributed by atoms with E-state index in [1.807, 2.05) is 30.3 Å². The standard InChI is InChI=1S/C22H15F3N2O/c23-22(24,25)16-9-6-10-17(14-16)27-20(13-15-7-2-1-3-8-15)26-19-12-5-4-11-18(19)21(27)28/h1-12,14H,13H2. The smallest absolute Gasteiger partial charge is 0.268 e. The highest BCUT2D eigenvalue weighted by atomic mass is 19.4. The van der Waals surface area contributed by atoms with E-state index in [1.54, 1.807) is 24.3 Å². The Kier molecular flexibility index (Phi) is 4.47. The van der Waals surface area contributed by atoms with E-state index >= 15 is 0 Å². The first kappa shape index (κ1) is 18.0. The van der Waals surface area contributed by atoms with Crippen LogP contribution in [0.15, 0.2) is 83.7 Å². The van der Waals surface area contributed by atoms with Gasteiger partial charge in [0.1, 0.15) is 5.82 Å². The third-order valence-electron chi connectivity index (χ3n) is 4.48. The molecular formula is C22H15F3N2O. The number of hydrogen-bond donors (Lipinski definition) is 0. The molecule has 0 aliphatic heterocycles. The fourth-order valence-electron chi connectivity index (χ4n) is 3.16. The van der Waals surface area contributed by atoms with E-state index in [0.717, 1.165) is 17.7 Å². The van der Waals surface area contributed by atoms with E-state index in [4.69, 9.17) is 0 Å². The molecule has 0 bridgehead atoms. The van der Waals surface area contributed by atoms with E-state index in [1.165, 1.54) is 16.7 Å². The number of benzene rings is 3. The number of rotatable bonds is 3. The zero-order chi connectivity index (χ0) is 19.7. The maximum atomic E-state index is 13.2. The number of fused-ring (bicyclic) bond motifs is 1. The Morgan fingerprint density at radius 3 is 2.32 bits per heavy atom. The second-order valence-corrected chi connectivity index (χ2v) is 6.40. The van der Waals surface area contributed by atoms with Gasteiger partial charge in [0.25, 0.3) is 5.56 Å². The van der Waals surface area contributed by atoms with Gasteiger partial charge in [-0.1, -0.05) is 48.5 Å². The Morgan fingerprint density at radius 2 is 1.57 bits per heavy atom. The molecule has 28 heavy (non-hydrogen) atoms. The predicted molar refractivity (Wildman–Crippen MR) is 102 cm³/mol. The fraction of sp³-hybridized carbons (Fsp3) is 0.0909. The second-order valence-electron chi connectivity index (χ2n) is 6.40. The van der Waals surface area contributed by atoms with E-state index in [9.17, 15) is 18.0 Å². The Morgan fingerprint density at radius 1 is 0.857 bits per heavy atom. The first-order valence-corrected chi connectivity index (χ1v) is 8.66. The molecule has 0 unspecified atom stereocenters. The van der Waals surface area contributed by atoms with Crippen LogP contribution in [0.3, 0.4) is 0 Å². The number of hydrogen-bond acceptors (Lipinski definition) is 2. The molecule has 3 aromatic carbocycles. The van der Waals surface area contributed by atoms with Gasteiger partial charge in [0.2, 0.25) is 0 Å². The first-order chi connectivity index (χ1) is 13.4. The van der Waals surface area contributed by atoms with Crippen molar-refractivity contribution in [2.24, 2.45) is 0 Å². The summed E-state index contributed by atoms with van der Waals surface area (Å²) in [6.07, 6.45) is -4.18. The second kappa shape index (κ2) is 6.96. The average molecular weight is 380 g/mol. The summed E-state index contributed by atoms with van der Waals surface area (Å²) in [5.41, 5.74) is 0.364. The molecule has 3 nitrogen and oxygen atoms in total. The number of alkyl halides is 3. The van der Waals surface area contributed by atoms with Gasteiger partial charge in [-0.2, -0.15) is 13.2 Å². The molecule has 1 aromatic heterocycles. The molecule has 0 atom stereocenters. The van der Waals surface area contributed by atoms with Crippen LogP contribution in [-0.2, 0) is 12.6 Å². The molecule has 4 rings (SSSR count). The van der Waals surface area contributed by atoms with Gasteiger partial charge in [-0.05, 0) is 35.9 Å². The summed E-state index contributed by atoms with van der Waals surface area (Å²) < 4.78 is 40.8. The topological polar surface area (TPSA) is 34.9 Å². The molecule has 0 saturated heterocycles. The van der Waals surface area contributed by atoms with Crippen LogP contribution >= 0.6 is 0 Å². The maximum Gasteiger partial charge on any atom is 0.416 e. The molecule has 0 saturated carbocycles. The van der Waals surface area contributed by atoms with Crippen molar-refractivity contribution in [2.75, 3.05) is 0 Å². The van der Waals surface area contributed by atoms with Crippen LogP contribution in [-0.4, -0.2) is 9.55 Å². The monoisotopic (exact) mass is 380 g/mol. The van der Waals surface area contributed by atoms with Crippen molar-refractivity contribution in [1.82, 2.24) is 9.55 Å². The minimum absolute atomic E-state index is 0.143. The van der Waals surface area contributed by atoms with Crippen molar-refractivity contribution in [2.45, 2.75) is 12.6 Å². The fourth-order valence-corrected chi connectivity index (χ4v) is 3.16. The first-order valence-electron chi connectivity index (χ1n) is 8.66. The zero-order valence-corrected chi connectivity index (χ0v) is 14.6. The average Bonchev–Trinajstić information content (AvgIpc) is 2.68. The zero-order valence-electron chi connectivity index (χ0n) is 14.6. The lowest BCUT2D eigenvalue weighted by molar-refractivity contribution is -0.137. The molecule has 0 N–H and O–H groups in total. The molecule has 140 valence electrons. The van der Waals surface area contributed by atoms with Crippen molar-refractivity contribution in [3.63, 3.8) is 0 Å². The van der Waals surface area contributed by atoms with Crippen LogP contribution < -0.4 is 5.56 Å². The van der Waals surface area contributed by atoms with Gasteiger partial charge in [0, 0.05) is 6.42 Å². The van der Waals surface area contributed by atoms with Crippen LogP contribution in [0.4, 0.5) is 13.2 Å². The van der Waals surface area contributed by atoms with Crippen LogP contribution in [0.1, 0.15) is 17.0 Å². The Hall–Kier alpha value is -3.41. The third kappa shape index (κ3) is 3.41. The number of aromatic nitrogens is 2. The summed E-state index contributed by atoms with van der Waals surface area (Å²) >= 11 is 0. The molecule has 0 aliphatic carbocycles. The van der Waals surface area contributed by atoms with Crippen molar-refractivity contribution in [1.29, 1.82) is 0 Å². The molecule has 0 radical (unpaired) electrons. The van der Waals surface area contributed by atoms with E-state index in [2.05, 4.69) is 4.98 Å². The minimum atomic E-state index is -4.50. The molecule has 0 fully saturated rings. The van der Waals surface area contributed by atoms with Gasteiger partial charge in [-0.15, -0.1) is 0 Å². The van der Waals surface area contributed by atoms with Gasteiger partial charge in [0.05, 0.1) is 22.2 Å². The molecule has 0 aliphatic rings. The van der Waals surface area contributed by atoms with E-state index < -0.39 is 17.3 Å². The third-order valence-corrected chi connectivity index (χ3v) is 4.48. The highest BCUT2D eigenvalue weighted by Crippen LogP contribution is 2.30. The minimum Gasteiger partial charge on any atom is -0.268 e. The Bertz CT molecular complexity index is 1200. The Balaban J connectivity index is 1.97. The summed E-state index contributed by atoms with van der Waals surface area (Å²) in [5.74, 6) is 0.384. The van der Waals surface area contributed by atoms with Gasteiger partial charge >= 0.3 is 6.18 Å². The largest absolute Gasteiger partial charge is 0.416 e. The lowest BCUT2D eigenvalue weighted by Crippen LogP contribution is -2.24. The molecule has 4 aromatic rings. The summed E-state index contributed by atoms with van der Waals surface area (Å²) in [4.78, 5) is 17.7. The highest BCUT2D eigenvalue weighted by molar-refractivity contribution is 5.77. The lowest BCUT2D eigenvalue weighted by atomic mass is 10.1. The van der Waals surface area contributed by atoms with Gasteiger partial charge in [0.15, 0.2) is 0 Å². The van der Waals surface area contributed by atoms with Crippen molar-refractivity contribution in [3.8, 4) is 5.69 Å². The molecule has 6 heteroatoms. The van der Waals surface area contributed by atoms with Gasteiger partial charge < -0.3 is 0 Å². The van der Waals surface area contributed by atoms with Crippen LogP contribution in [0, 0.1) is 0 Å². The summed E-state index contributed by atoms with van der Waals surface area (Å²) in [7, 11) is 0. The van der Waals surface area contributed by atoms with Gasteiger partial charge in [-0.3, -0.25) is 9.36 Å². The SMILES string of the molecule is O=c1c2ccccc2nc(Cc2ccccc2)n1-c1cccc(C(F)(F)F)c1. The lowest BCUT2D eigenvalue weighted by Gasteiger charge is -2.15. The van der Waals surface area contributed by atoms with E-state index in [-0.39, 0.29) is 5.69 Å². The van der Waals surface area contributed by atoms with Crippen molar-refractivity contribution >= 4 is 10.9 Å². The van der Waals surface area contributed by atoms with Crippen LogP contribution in [0.25, 0.3) is 16.6 Å².